The summed E-state index contributed by atoms with van der Waals surface area (Å²) < 4.78 is 5.53. The molecular weight excluding hydrogens is 274 g/mol. The van der Waals surface area contributed by atoms with Gasteiger partial charge in [-0.2, -0.15) is 0 Å². The van der Waals surface area contributed by atoms with Crippen LogP contribution in [0.1, 0.15) is 49.5 Å². The molecule has 1 atom stereocenters. The Bertz CT molecular complexity index is 611. The Balaban J connectivity index is 1.88. The van der Waals surface area contributed by atoms with Gasteiger partial charge in [-0.3, -0.25) is 4.79 Å². The fourth-order valence-electron chi connectivity index (χ4n) is 2.50. The van der Waals surface area contributed by atoms with Crippen LogP contribution in [0.3, 0.4) is 0 Å². The number of furan rings is 1. The number of hydrogen-bond acceptors (Lipinski definition) is 2. The number of carbonyl (C=O) groups is 1. The largest absolute Gasteiger partial charge is 0.464 e. The van der Waals surface area contributed by atoms with Gasteiger partial charge in [-0.15, -0.1) is 0 Å². The van der Waals surface area contributed by atoms with E-state index in [1.807, 2.05) is 38.1 Å². The lowest BCUT2D eigenvalue weighted by molar-refractivity contribution is -0.121. The molecule has 0 aliphatic rings. The zero-order chi connectivity index (χ0) is 16.1. The van der Waals surface area contributed by atoms with Crippen molar-refractivity contribution in [1.29, 1.82) is 0 Å². The molecule has 1 aromatic heterocycles. The van der Waals surface area contributed by atoms with Crippen LogP contribution in [-0.4, -0.2) is 5.91 Å². The first-order valence-electron chi connectivity index (χ1n) is 7.87. The van der Waals surface area contributed by atoms with E-state index in [1.165, 1.54) is 5.56 Å². The first kappa shape index (κ1) is 16.3. The Kier molecular flexibility index (Phi) is 5.42. The number of nitrogens with one attached hydrogen (secondary N) is 1. The van der Waals surface area contributed by atoms with Gasteiger partial charge in [-0.1, -0.05) is 38.1 Å². The lowest BCUT2D eigenvalue weighted by Gasteiger charge is -2.12. The maximum atomic E-state index is 12.1. The molecule has 3 nitrogen and oxygen atoms in total. The number of rotatable bonds is 6. The second kappa shape index (κ2) is 7.30. The summed E-state index contributed by atoms with van der Waals surface area (Å²) in [5.74, 6) is 2.31. The van der Waals surface area contributed by atoms with Gasteiger partial charge in [-0.05, 0) is 49.4 Å². The fraction of sp³-hybridized carbons (Fsp3) is 0.421. The van der Waals surface area contributed by atoms with Crippen LogP contribution in [0.25, 0.3) is 0 Å². The third-order valence-electron chi connectivity index (χ3n) is 3.60. The molecule has 22 heavy (non-hydrogen) atoms. The van der Waals surface area contributed by atoms with Gasteiger partial charge in [0.2, 0.25) is 5.91 Å². The minimum atomic E-state index is -0.110. The van der Waals surface area contributed by atoms with Crippen molar-refractivity contribution >= 4 is 5.91 Å². The molecule has 0 spiro atoms. The Hall–Kier alpha value is -2.03. The van der Waals surface area contributed by atoms with Crippen LogP contribution in [0.2, 0.25) is 0 Å². The summed E-state index contributed by atoms with van der Waals surface area (Å²) in [6.07, 6.45) is 1.47. The minimum absolute atomic E-state index is 0.0122. The topological polar surface area (TPSA) is 42.2 Å². The zero-order valence-electron chi connectivity index (χ0n) is 13.8. The van der Waals surface area contributed by atoms with Crippen LogP contribution >= 0.6 is 0 Å². The molecule has 1 N–H and O–H groups in total. The molecule has 1 unspecified atom stereocenters. The van der Waals surface area contributed by atoms with Crippen LogP contribution in [0.5, 0.6) is 0 Å². The van der Waals surface area contributed by atoms with Crippen LogP contribution in [0, 0.1) is 12.8 Å². The normalized spacial score (nSPS) is 12.4. The lowest BCUT2D eigenvalue weighted by atomic mass is 10.0. The highest BCUT2D eigenvalue weighted by atomic mass is 16.3. The highest BCUT2D eigenvalue weighted by molar-refractivity contribution is 5.78. The summed E-state index contributed by atoms with van der Waals surface area (Å²) in [6, 6.07) is 12.0. The van der Waals surface area contributed by atoms with Gasteiger partial charge in [-0.25, -0.2) is 0 Å². The van der Waals surface area contributed by atoms with Crippen LogP contribution < -0.4 is 5.32 Å². The molecule has 0 fully saturated rings. The van der Waals surface area contributed by atoms with E-state index in [4.69, 9.17) is 4.42 Å². The maximum absolute atomic E-state index is 12.1. The van der Waals surface area contributed by atoms with E-state index in [2.05, 4.69) is 31.3 Å². The van der Waals surface area contributed by atoms with E-state index in [9.17, 15) is 4.79 Å². The zero-order valence-corrected chi connectivity index (χ0v) is 13.8. The Morgan fingerprint density at radius 3 is 2.23 bits per heavy atom. The lowest BCUT2D eigenvalue weighted by Crippen LogP contribution is -2.27. The summed E-state index contributed by atoms with van der Waals surface area (Å²) in [7, 11) is 0. The summed E-state index contributed by atoms with van der Waals surface area (Å²) in [4.78, 5) is 12.1. The molecule has 0 radical (unpaired) electrons. The summed E-state index contributed by atoms with van der Waals surface area (Å²) >= 11 is 0. The van der Waals surface area contributed by atoms with Crippen LogP contribution in [0.15, 0.2) is 40.8 Å². The van der Waals surface area contributed by atoms with Crippen LogP contribution in [-0.2, 0) is 17.6 Å². The van der Waals surface area contributed by atoms with Gasteiger partial charge < -0.3 is 9.73 Å². The SMILES string of the molecule is Cc1ccc(C(C)NC(=O)Cc2ccc(CC(C)C)cc2)o1. The molecular formula is C19H25NO2. The number of benzene rings is 1. The van der Waals surface area contributed by atoms with E-state index >= 15 is 0 Å². The molecule has 0 aliphatic carbocycles. The highest BCUT2D eigenvalue weighted by Gasteiger charge is 2.13. The third kappa shape index (κ3) is 4.76. The minimum Gasteiger partial charge on any atom is -0.464 e. The van der Waals surface area contributed by atoms with E-state index < -0.39 is 0 Å². The van der Waals surface area contributed by atoms with Crippen molar-refractivity contribution in [1.82, 2.24) is 5.32 Å². The number of aryl methyl sites for hydroxylation is 1. The molecule has 1 aromatic carbocycles. The third-order valence-corrected chi connectivity index (χ3v) is 3.60. The van der Waals surface area contributed by atoms with Crippen molar-refractivity contribution in [2.45, 2.75) is 46.6 Å². The van der Waals surface area contributed by atoms with Crippen molar-refractivity contribution in [3.63, 3.8) is 0 Å². The van der Waals surface area contributed by atoms with E-state index in [0.717, 1.165) is 23.5 Å². The predicted octanol–water partition coefficient (Wildman–Crippen LogP) is 4.21. The van der Waals surface area contributed by atoms with Crippen molar-refractivity contribution < 1.29 is 9.21 Å². The first-order chi connectivity index (χ1) is 10.4. The average molecular weight is 299 g/mol. The van der Waals surface area contributed by atoms with Crippen molar-refractivity contribution in [3.05, 3.63) is 59.0 Å². The molecule has 0 bridgehead atoms. The molecule has 2 aromatic rings. The molecule has 3 heteroatoms. The number of carbonyl (C=O) groups excluding carboxylic acids is 1. The van der Waals surface area contributed by atoms with Gasteiger partial charge >= 0.3 is 0 Å². The molecule has 0 aliphatic heterocycles. The van der Waals surface area contributed by atoms with Crippen molar-refractivity contribution in [3.8, 4) is 0 Å². The molecule has 2 rings (SSSR count). The highest BCUT2D eigenvalue weighted by Crippen LogP contribution is 2.16. The van der Waals surface area contributed by atoms with E-state index in [0.29, 0.717) is 12.3 Å². The average Bonchev–Trinajstić information content (AvgIpc) is 2.87. The van der Waals surface area contributed by atoms with Gasteiger partial charge in [0.25, 0.3) is 0 Å². The summed E-state index contributed by atoms with van der Waals surface area (Å²) in [6.45, 7) is 8.25. The van der Waals surface area contributed by atoms with Crippen molar-refractivity contribution in [2.75, 3.05) is 0 Å². The van der Waals surface area contributed by atoms with Gasteiger partial charge in [0.05, 0.1) is 12.5 Å². The maximum Gasteiger partial charge on any atom is 0.224 e. The Labute approximate surface area is 132 Å². The second-order valence-corrected chi connectivity index (χ2v) is 6.33. The van der Waals surface area contributed by atoms with Crippen molar-refractivity contribution in [2.24, 2.45) is 5.92 Å². The monoisotopic (exact) mass is 299 g/mol. The molecule has 118 valence electrons. The van der Waals surface area contributed by atoms with E-state index in [1.54, 1.807) is 0 Å². The molecule has 0 saturated carbocycles. The number of hydrogen-bond donors (Lipinski definition) is 1. The fourth-order valence-corrected chi connectivity index (χ4v) is 2.50. The predicted molar refractivity (Wildman–Crippen MR) is 88.7 cm³/mol. The van der Waals surface area contributed by atoms with Crippen LogP contribution in [0.4, 0.5) is 0 Å². The Morgan fingerprint density at radius 2 is 1.68 bits per heavy atom. The number of amides is 1. The summed E-state index contributed by atoms with van der Waals surface area (Å²) in [5, 5.41) is 2.97. The second-order valence-electron chi connectivity index (χ2n) is 6.33. The quantitative estimate of drug-likeness (QED) is 0.868. The van der Waals surface area contributed by atoms with Gasteiger partial charge in [0.1, 0.15) is 11.5 Å². The molecule has 1 amide bonds. The first-order valence-corrected chi connectivity index (χ1v) is 7.87. The summed E-state index contributed by atoms with van der Waals surface area (Å²) in [5.41, 5.74) is 2.35. The van der Waals surface area contributed by atoms with Gasteiger partial charge in [0, 0.05) is 0 Å². The molecule has 0 saturated heterocycles. The molecule has 1 heterocycles. The van der Waals surface area contributed by atoms with Gasteiger partial charge in [0.15, 0.2) is 0 Å². The Morgan fingerprint density at radius 1 is 1.05 bits per heavy atom. The standard InChI is InChI=1S/C19H25NO2/c1-13(2)11-16-6-8-17(9-7-16)12-19(21)20-15(4)18-10-5-14(3)22-18/h5-10,13,15H,11-12H2,1-4H3,(H,20,21). The van der Waals surface area contributed by atoms with E-state index in [-0.39, 0.29) is 11.9 Å². The smallest absolute Gasteiger partial charge is 0.224 e.